The Bertz CT molecular complexity index is 325. The van der Waals surface area contributed by atoms with Crippen LogP contribution in [-0.2, 0) is 0 Å². The highest BCUT2D eigenvalue weighted by molar-refractivity contribution is 7.11. The van der Waals surface area contributed by atoms with Crippen LogP contribution >= 0.6 is 11.3 Å². The number of rotatable bonds is 3. The molecule has 3 rings (SSSR count). The van der Waals surface area contributed by atoms with Crippen LogP contribution in [0.3, 0.4) is 0 Å². The molecular weight excluding hydrogens is 208 g/mol. The van der Waals surface area contributed by atoms with Crippen molar-refractivity contribution in [2.75, 3.05) is 13.7 Å². The molecule has 2 bridgehead atoms. The van der Waals surface area contributed by atoms with Gasteiger partial charge in [0.2, 0.25) is 0 Å². The second kappa shape index (κ2) is 3.76. The van der Waals surface area contributed by atoms with E-state index in [-0.39, 0.29) is 0 Å². The summed E-state index contributed by atoms with van der Waals surface area (Å²) >= 11 is 1.58. The SMILES string of the molecule is CN1C2CCC(C2)C1COc1nccs1. The van der Waals surface area contributed by atoms with Crippen molar-refractivity contribution in [1.29, 1.82) is 0 Å². The Morgan fingerprint density at radius 3 is 3.20 bits per heavy atom. The first-order valence-corrected chi connectivity index (χ1v) is 6.47. The van der Waals surface area contributed by atoms with E-state index in [1.165, 1.54) is 19.3 Å². The largest absolute Gasteiger partial charge is 0.468 e. The number of likely N-dealkylation sites (N-methyl/N-ethyl adjacent to an activating group) is 1. The predicted molar refractivity (Wildman–Crippen MR) is 60.3 cm³/mol. The summed E-state index contributed by atoms with van der Waals surface area (Å²) < 4.78 is 5.72. The molecule has 3 nitrogen and oxygen atoms in total. The number of aromatic nitrogens is 1. The van der Waals surface area contributed by atoms with Crippen molar-refractivity contribution in [2.24, 2.45) is 5.92 Å². The molecule has 0 amide bonds. The van der Waals surface area contributed by atoms with Gasteiger partial charge in [-0.3, -0.25) is 4.90 Å². The summed E-state index contributed by atoms with van der Waals surface area (Å²) in [6, 6.07) is 1.44. The van der Waals surface area contributed by atoms with Crippen molar-refractivity contribution in [3.63, 3.8) is 0 Å². The number of thiazole rings is 1. The topological polar surface area (TPSA) is 25.4 Å². The maximum Gasteiger partial charge on any atom is 0.273 e. The van der Waals surface area contributed by atoms with E-state index in [0.29, 0.717) is 6.04 Å². The summed E-state index contributed by atoms with van der Waals surface area (Å²) in [6.45, 7) is 0.811. The van der Waals surface area contributed by atoms with Crippen molar-refractivity contribution in [1.82, 2.24) is 9.88 Å². The number of ether oxygens (including phenoxy) is 1. The molecule has 1 saturated carbocycles. The first kappa shape index (κ1) is 9.60. The average Bonchev–Trinajstić information content (AvgIpc) is 2.92. The molecule has 3 atom stereocenters. The quantitative estimate of drug-likeness (QED) is 0.785. The second-order valence-corrected chi connectivity index (χ2v) is 5.43. The molecule has 0 aromatic carbocycles. The maximum atomic E-state index is 5.72. The third-order valence-electron chi connectivity index (χ3n) is 3.88. The zero-order valence-corrected chi connectivity index (χ0v) is 9.74. The molecule has 1 aromatic rings. The van der Waals surface area contributed by atoms with E-state index in [2.05, 4.69) is 16.9 Å². The predicted octanol–water partition coefficient (Wildman–Crippen LogP) is 2.00. The third kappa shape index (κ3) is 1.66. The van der Waals surface area contributed by atoms with E-state index in [1.807, 2.05) is 5.38 Å². The zero-order chi connectivity index (χ0) is 10.3. The number of hydrogen-bond donors (Lipinski definition) is 0. The Kier molecular flexibility index (Phi) is 2.41. The minimum absolute atomic E-state index is 0.618. The Morgan fingerprint density at radius 2 is 2.53 bits per heavy atom. The van der Waals surface area contributed by atoms with Gasteiger partial charge >= 0.3 is 0 Å². The standard InChI is InChI=1S/C11H16N2OS/c1-13-9-3-2-8(6-9)10(13)7-14-11-12-4-5-15-11/h4-5,8-10H,2-3,6-7H2,1H3. The summed E-state index contributed by atoms with van der Waals surface area (Å²) in [5, 5.41) is 2.77. The number of hydrogen-bond acceptors (Lipinski definition) is 4. The van der Waals surface area contributed by atoms with Crippen molar-refractivity contribution in [2.45, 2.75) is 31.3 Å². The van der Waals surface area contributed by atoms with Gasteiger partial charge in [0.05, 0.1) is 0 Å². The minimum Gasteiger partial charge on any atom is -0.468 e. The van der Waals surface area contributed by atoms with Gasteiger partial charge in [-0.1, -0.05) is 11.3 Å². The maximum absolute atomic E-state index is 5.72. The molecule has 0 N–H and O–H groups in total. The van der Waals surface area contributed by atoms with E-state index in [1.54, 1.807) is 17.5 Å². The van der Waals surface area contributed by atoms with Gasteiger partial charge in [0.1, 0.15) is 6.61 Å². The summed E-state index contributed by atoms with van der Waals surface area (Å²) in [5.41, 5.74) is 0. The fourth-order valence-electron chi connectivity index (χ4n) is 3.01. The summed E-state index contributed by atoms with van der Waals surface area (Å²) in [6.07, 6.45) is 5.95. The van der Waals surface area contributed by atoms with Gasteiger partial charge in [-0.25, -0.2) is 4.98 Å². The molecule has 2 aliphatic rings. The van der Waals surface area contributed by atoms with E-state index >= 15 is 0 Å². The zero-order valence-electron chi connectivity index (χ0n) is 8.93. The molecule has 1 aliphatic heterocycles. The highest BCUT2D eigenvalue weighted by Crippen LogP contribution is 2.41. The fraction of sp³-hybridized carbons (Fsp3) is 0.727. The summed E-state index contributed by atoms with van der Waals surface area (Å²) in [4.78, 5) is 6.64. The van der Waals surface area contributed by atoms with Gasteiger partial charge < -0.3 is 4.74 Å². The van der Waals surface area contributed by atoms with Crippen molar-refractivity contribution >= 4 is 11.3 Å². The summed E-state index contributed by atoms with van der Waals surface area (Å²) in [7, 11) is 2.24. The fourth-order valence-corrected chi connectivity index (χ4v) is 3.50. The third-order valence-corrected chi connectivity index (χ3v) is 4.56. The lowest BCUT2D eigenvalue weighted by atomic mass is 10.00. The van der Waals surface area contributed by atoms with Crippen LogP contribution in [0.4, 0.5) is 0 Å². The molecule has 2 fully saturated rings. The molecule has 2 heterocycles. The van der Waals surface area contributed by atoms with Crippen LogP contribution in [-0.4, -0.2) is 35.6 Å². The second-order valence-electron chi connectivity index (χ2n) is 4.57. The smallest absolute Gasteiger partial charge is 0.273 e. The van der Waals surface area contributed by atoms with Crippen LogP contribution < -0.4 is 4.74 Å². The molecule has 82 valence electrons. The number of fused-ring (bicyclic) bond motifs is 2. The average molecular weight is 224 g/mol. The van der Waals surface area contributed by atoms with Gasteiger partial charge in [0.15, 0.2) is 0 Å². The lowest BCUT2D eigenvalue weighted by Crippen LogP contribution is -2.41. The van der Waals surface area contributed by atoms with Gasteiger partial charge in [-0.15, -0.1) is 0 Å². The Hall–Kier alpha value is -0.610. The molecule has 1 aromatic heterocycles. The molecule has 4 heteroatoms. The number of likely N-dealkylation sites (tertiary alicyclic amines) is 1. The van der Waals surface area contributed by atoms with Crippen LogP contribution in [0.2, 0.25) is 0 Å². The molecule has 0 spiro atoms. The van der Waals surface area contributed by atoms with E-state index in [4.69, 9.17) is 4.74 Å². The van der Waals surface area contributed by atoms with Crippen LogP contribution in [0.25, 0.3) is 0 Å². The van der Waals surface area contributed by atoms with E-state index in [9.17, 15) is 0 Å². The Morgan fingerprint density at radius 1 is 1.60 bits per heavy atom. The van der Waals surface area contributed by atoms with Crippen molar-refractivity contribution in [3.05, 3.63) is 11.6 Å². The first-order chi connectivity index (χ1) is 7.34. The van der Waals surface area contributed by atoms with Crippen molar-refractivity contribution in [3.8, 4) is 5.19 Å². The van der Waals surface area contributed by atoms with E-state index in [0.717, 1.165) is 23.8 Å². The normalized spacial score (nSPS) is 34.9. The van der Waals surface area contributed by atoms with Gasteiger partial charge in [0, 0.05) is 23.7 Å². The van der Waals surface area contributed by atoms with Crippen molar-refractivity contribution < 1.29 is 4.74 Å². The molecule has 3 unspecified atom stereocenters. The van der Waals surface area contributed by atoms with Gasteiger partial charge in [0.25, 0.3) is 5.19 Å². The lowest BCUT2D eigenvalue weighted by Gasteiger charge is -2.31. The summed E-state index contributed by atoms with van der Waals surface area (Å²) in [5.74, 6) is 0.861. The Labute approximate surface area is 94.1 Å². The highest BCUT2D eigenvalue weighted by Gasteiger charge is 2.43. The molecule has 15 heavy (non-hydrogen) atoms. The lowest BCUT2D eigenvalue weighted by molar-refractivity contribution is 0.118. The van der Waals surface area contributed by atoms with Gasteiger partial charge in [-0.05, 0) is 32.2 Å². The van der Waals surface area contributed by atoms with Crippen LogP contribution in [0.5, 0.6) is 5.19 Å². The highest BCUT2D eigenvalue weighted by atomic mass is 32.1. The monoisotopic (exact) mass is 224 g/mol. The number of piperidine rings is 1. The minimum atomic E-state index is 0.618. The van der Waals surface area contributed by atoms with Crippen LogP contribution in [0.1, 0.15) is 19.3 Å². The molecule has 1 aliphatic carbocycles. The molecule has 1 saturated heterocycles. The van der Waals surface area contributed by atoms with Crippen LogP contribution in [0.15, 0.2) is 11.6 Å². The Balaban J connectivity index is 1.60. The molecule has 0 radical (unpaired) electrons. The van der Waals surface area contributed by atoms with Crippen LogP contribution in [0, 0.1) is 5.92 Å². The van der Waals surface area contributed by atoms with E-state index < -0.39 is 0 Å². The molecular formula is C11H16N2OS. The first-order valence-electron chi connectivity index (χ1n) is 5.59. The number of nitrogens with zero attached hydrogens (tertiary/aromatic N) is 2. The van der Waals surface area contributed by atoms with Gasteiger partial charge in [-0.2, -0.15) is 0 Å².